The average molecular weight is 426 g/mol. The Labute approximate surface area is 159 Å². The number of aryl methyl sites for hydroxylation is 1. The van der Waals surface area contributed by atoms with Crippen LogP contribution in [-0.4, -0.2) is 16.1 Å². The first-order valence-electron chi connectivity index (χ1n) is 7.81. The second kappa shape index (κ2) is 7.06. The number of hydrogen-bond donors (Lipinski definition) is 2. The first-order chi connectivity index (χ1) is 11.4. The smallest absolute Gasteiger partial charge is 0.236 e. The Bertz CT molecular complexity index is 756. The fraction of sp³-hybridized carbons (Fsp3) is 0.412. The fourth-order valence-electron chi connectivity index (χ4n) is 2.05. The quantitative estimate of drug-likeness (QED) is 0.612. The molecule has 0 saturated heterocycles. The average Bonchev–Trinajstić information content (AvgIpc) is 3.24. The summed E-state index contributed by atoms with van der Waals surface area (Å²) in [6.07, 6.45) is 2.55. The van der Waals surface area contributed by atoms with Crippen LogP contribution in [-0.2, 0) is 10.2 Å². The van der Waals surface area contributed by atoms with Crippen LogP contribution in [0.3, 0.4) is 0 Å². The standard InChI is InChI=1S/C17H20BrN3OS2/c1-10-8-11(4-7-13(10)18)19-15(22)17(2,3)14-9-23-16(20-14)21-24-12-5-6-12/h4,7-9,12H,5-6H2,1-3H3,(H,19,22)(H,20,21). The molecule has 2 aromatic rings. The van der Waals surface area contributed by atoms with E-state index in [4.69, 9.17) is 0 Å². The van der Waals surface area contributed by atoms with Crippen LogP contribution >= 0.6 is 39.2 Å². The lowest BCUT2D eigenvalue weighted by Gasteiger charge is -2.21. The Morgan fingerprint density at radius 2 is 2.17 bits per heavy atom. The first kappa shape index (κ1) is 17.8. The van der Waals surface area contributed by atoms with Crippen LogP contribution in [0.1, 0.15) is 37.9 Å². The van der Waals surface area contributed by atoms with Crippen LogP contribution in [0.2, 0.25) is 0 Å². The second-order valence-corrected chi connectivity index (χ2v) is 9.32. The predicted molar refractivity (Wildman–Crippen MR) is 107 cm³/mol. The maximum Gasteiger partial charge on any atom is 0.236 e. The molecule has 3 rings (SSSR count). The zero-order valence-corrected chi connectivity index (χ0v) is 17.1. The summed E-state index contributed by atoms with van der Waals surface area (Å²) < 4.78 is 4.32. The predicted octanol–water partition coefficient (Wildman–Crippen LogP) is 5.35. The molecule has 0 radical (unpaired) electrons. The number of amides is 1. The summed E-state index contributed by atoms with van der Waals surface area (Å²) in [6, 6.07) is 5.79. The summed E-state index contributed by atoms with van der Waals surface area (Å²) in [4.78, 5) is 17.3. The van der Waals surface area contributed by atoms with Gasteiger partial charge in [-0.05, 0) is 69.3 Å². The molecule has 1 amide bonds. The van der Waals surface area contributed by atoms with Crippen molar-refractivity contribution < 1.29 is 4.79 Å². The molecule has 1 saturated carbocycles. The maximum atomic E-state index is 12.7. The molecule has 1 heterocycles. The summed E-state index contributed by atoms with van der Waals surface area (Å²) >= 11 is 6.74. The Morgan fingerprint density at radius 3 is 2.83 bits per heavy atom. The number of nitrogens with zero attached hydrogens (tertiary/aromatic N) is 1. The van der Waals surface area contributed by atoms with Gasteiger partial charge in [0.25, 0.3) is 0 Å². The summed E-state index contributed by atoms with van der Waals surface area (Å²) in [7, 11) is 0. The van der Waals surface area contributed by atoms with Gasteiger partial charge in [0.05, 0.1) is 11.1 Å². The summed E-state index contributed by atoms with van der Waals surface area (Å²) in [6.45, 7) is 5.81. The zero-order chi connectivity index (χ0) is 17.3. The topological polar surface area (TPSA) is 54.0 Å². The number of rotatable bonds is 6. The lowest BCUT2D eigenvalue weighted by molar-refractivity contribution is -0.120. The van der Waals surface area contributed by atoms with Gasteiger partial charge in [-0.1, -0.05) is 15.9 Å². The van der Waals surface area contributed by atoms with Gasteiger partial charge < -0.3 is 10.0 Å². The molecule has 0 aliphatic heterocycles. The summed E-state index contributed by atoms with van der Waals surface area (Å²) in [5, 5.41) is 6.54. The molecule has 4 nitrogen and oxygen atoms in total. The van der Waals surface area contributed by atoms with E-state index in [1.807, 2.05) is 44.4 Å². The van der Waals surface area contributed by atoms with Crippen LogP contribution in [0, 0.1) is 6.92 Å². The van der Waals surface area contributed by atoms with Crippen molar-refractivity contribution in [3.63, 3.8) is 0 Å². The highest BCUT2D eigenvalue weighted by Crippen LogP contribution is 2.36. The molecular formula is C17H20BrN3OS2. The molecule has 1 aliphatic carbocycles. The minimum absolute atomic E-state index is 0.0593. The largest absolute Gasteiger partial charge is 0.325 e. The zero-order valence-electron chi connectivity index (χ0n) is 13.9. The van der Waals surface area contributed by atoms with Crippen molar-refractivity contribution in [1.29, 1.82) is 0 Å². The Kier molecular flexibility index (Phi) is 5.22. The van der Waals surface area contributed by atoms with Gasteiger partial charge in [-0.2, -0.15) is 0 Å². The minimum Gasteiger partial charge on any atom is -0.325 e. The van der Waals surface area contributed by atoms with E-state index in [0.29, 0.717) is 5.25 Å². The number of nitrogens with one attached hydrogen (secondary N) is 2. The van der Waals surface area contributed by atoms with Crippen molar-refractivity contribution in [2.45, 2.75) is 44.3 Å². The SMILES string of the molecule is Cc1cc(NC(=O)C(C)(C)c2csc(NSC3CC3)n2)ccc1Br. The van der Waals surface area contributed by atoms with Gasteiger partial charge in [-0.25, -0.2) is 4.98 Å². The van der Waals surface area contributed by atoms with Crippen LogP contribution in [0.15, 0.2) is 28.1 Å². The molecule has 7 heteroatoms. The van der Waals surface area contributed by atoms with E-state index in [1.165, 1.54) is 12.8 Å². The van der Waals surface area contributed by atoms with Crippen molar-refractivity contribution in [1.82, 2.24) is 4.98 Å². The minimum atomic E-state index is -0.693. The van der Waals surface area contributed by atoms with E-state index in [1.54, 1.807) is 23.3 Å². The number of carbonyl (C=O) groups is 1. The van der Waals surface area contributed by atoms with E-state index in [9.17, 15) is 4.79 Å². The number of halogens is 1. The highest BCUT2D eigenvalue weighted by atomic mass is 79.9. The summed E-state index contributed by atoms with van der Waals surface area (Å²) in [5.41, 5.74) is 1.98. The Hall–Kier alpha value is -1.05. The molecule has 1 aliphatic rings. The first-order valence-corrected chi connectivity index (χ1v) is 10.4. The lowest BCUT2D eigenvalue weighted by atomic mass is 9.89. The second-order valence-electron chi connectivity index (χ2n) is 6.50. The highest BCUT2D eigenvalue weighted by molar-refractivity contribution is 9.10. The maximum absolute atomic E-state index is 12.7. The molecule has 24 heavy (non-hydrogen) atoms. The fourth-order valence-corrected chi connectivity index (χ4v) is 4.04. The van der Waals surface area contributed by atoms with Gasteiger partial charge in [0, 0.05) is 20.8 Å². The number of aromatic nitrogens is 1. The number of anilines is 2. The van der Waals surface area contributed by atoms with Crippen LogP contribution in [0.25, 0.3) is 0 Å². The van der Waals surface area contributed by atoms with Gasteiger partial charge in [0.2, 0.25) is 5.91 Å². The summed E-state index contributed by atoms with van der Waals surface area (Å²) in [5.74, 6) is -0.0593. The molecular weight excluding hydrogens is 406 g/mol. The van der Waals surface area contributed by atoms with E-state index in [-0.39, 0.29) is 5.91 Å². The number of carbonyl (C=O) groups excluding carboxylic acids is 1. The van der Waals surface area contributed by atoms with Gasteiger partial charge in [-0.15, -0.1) is 11.3 Å². The molecule has 2 N–H and O–H groups in total. The lowest BCUT2D eigenvalue weighted by Crippen LogP contribution is -2.35. The van der Waals surface area contributed by atoms with Gasteiger partial charge in [-0.3, -0.25) is 4.79 Å². The molecule has 0 spiro atoms. The Morgan fingerprint density at radius 1 is 1.42 bits per heavy atom. The molecule has 0 bridgehead atoms. The highest BCUT2D eigenvalue weighted by Gasteiger charge is 2.33. The monoisotopic (exact) mass is 425 g/mol. The number of hydrogen-bond acceptors (Lipinski definition) is 5. The van der Waals surface area contributed by atoms with Crippen LogP contribution in [0.5, 0.6) is 0 Å². The van der Waals surface area contributed by atoms with Crippen molar-refractivity contribution in [3.05, 3.63) is 39.3 Å². The number of thiazole rings is 1. The van der Waals surface area contributed by atoms with Gasteiger partial charge >= 0.3 is 0 Å². The molecule has 0 atom stereocenters. The molecule has 1 fully saturated rings. The van der Waals surface area contributed by atoms with E-state index >= 15 is 0 Å². The molecule has 1 aromatic heterocycles. The van der Waals surface area contributed by atoms with Crippen LogP contribution < -0.4 is 10.0 Å². The van der Waals surface area contributed by atoms with E-state index in [2.05, 4.69) is 31.0 Å². The van der Waals surface area contributed by atoms with Crippen molar-refractivity contribution in [2.75, 3.05) is 10.0 Å². The third-order valence-corrected chi connectivity index (χ3v) is 6.86. The van der Waals surface area contributed by atoms with Crippen LogP contribution in [0.4, 0.5) is 10.8 Å². The van der Waals surface area contributed by atoms with E-state index in [0.717, 1.165) is 26.5 Å². The molecule has 1 aromatic carbocycles. The van der Waals surface area contributed by atoms with Crippen molar-refractivity contribution >= 4 is 55.9 Å². The third kappa shape index (κ3) is 4.13. The molecule has 128 valence electrons. The van der Waals surface area contributed by atoms with Gasteiger partial charge in [0.15, 0.2) is 5.13 Å². The van der Waals surface area contributed by atoms with Crippen molar-refractivity contribution in [3.8, 4) is 0 Å². The molecule has 0 unspecified atom stereocenters. The number of benzene rings is 1. The van der Waals surface area contributed by atoms with Crippen molar-refractivity contribution in [2.24, 2.45) is 0 Å². The normalized spacial score (nSPS) is 14.5. The van der Waals surface area contributed by atoms with E-state index < -0.39 is 5.41 Å². The van der Waals surface area contributed by atoms with Gasteiger partial charge in [0.1, 0.15) is 0 Å². The Balaban J connectivity index is 1.68. The third-order valence-electron chi connectivity index (χ3n) is 3.97.